The van der Waals surface area contributed by atoms with Gasteiger partial charge in [0.15, 0.2) is 0 Å². The van der Waals surface area contributed by atoms with E-state index in [2.05, 4.69) is 82.8 Å². The number of carbonyl (C=O) groups excluding carboxylic acids is 2. The Kier molecular flexibility index (Phi) is 9.08. The van der Waals surface area contributed by atoms with E-state index in [1.807, 2.05) is 60.7 Å². The van der Waals surface area contributed by atoms with Crippen LogP contribution in [0.1, 0.15) is 21.0 Å². The summed E-state index contributed by atoms with van der Waals surface area (Å²) in [6, 6.07) is 48.6. The van der Waals surface area contributed by atoms with Crippen LogP contribution in [0.4, 0.5) is 0 Å². The maximum atomic E-state index is 12.5. The summed E-state index contributed by atoms with van der Waals surface area (Å²) in [5, 5.41) is 0. The average molecular weight is 653 g/mol. The van der Waals surface area contributed by atoms with Crippen LogP contribution in [0, 0.1) is 0 Å². The smallest absolute Gasteiger partial charge is 0.356 e. The van der Waals surface area contributed by atoms with Crippen LogP contribution < -0.4 is 0 Å². The zero-order chi connectivity index (χ0) is 34.5. The highest BCUT2D eigenvalue weighted by Crippen LogP contribution is 2.55. The summed E-state index contributed by atoms with van der Waals surface area (Å²) in [5.74, 6) is -1.03. The van der Waals surface area contributed by atoms with Crippen LogP contribution >= 0.6 is 0 Å². The molecule has 50 heavy (non-hydrogen) atoms. The fraction of sp³-hybridized carbons (Fsp3) is 0.0455. The highest BCUT2D eigenvalue weighted by atomic mass is 16.5. The van der Waals surface area contributed by atoms with Gasteiger partial charge < -0.3 is 9.47 Å². The minimum Gasteiger partial charge on any atom is -0.464 e. The number of rotatable bonds is 8. The van der Waals surface area contributed by atoms with Crippen LogP contribution in [0.5, 0.6) is 0 Å². The first-order valence-electron chi connectivity index (χ1n) is 16.1. The molecule has 0 saturated carbocycles. The third-order valence-corrected chi connectivity index (χ3v) is 8.64. The molecule has 0 spiro atoms. The minimum atomic E-state index is -0.517. The van der Waals surface area contributed by atoms with Crippen LogP contribution in [0.25, 0.3) is 66.8 Å². The van der Waals surface area contributed by atoms with E-state index in [1.165, 1.54) is 14.2 Å². The van der Waals surface area contributed by atoms with Crippen molar-refractivity contribution in [1.82, 2.24) is 9.97 Å². The number of aromatic nitrogens is 2. The predicted octanol–water partition coefficient (Wildman–Crippen LogP) is 10.1. The third-order valence-electron chi connectivity index (χ3n) is 8.64. The minimum absolute atomic E-state index is 0.204. The number of pyridine rings is 2. The van der Waals surface area contributed by atoms with Crippen molar-refractivity contribution < 1.29 is 19.1 Å². The van der Waals surface area contributed by atoms with Crippen LogP contribution in [0.15, 0.2) is 158 Å². The van der Waals surface area contributed by atoms with Gasteiger partial charge in [0.05, 0.1) is 14.2 Å². The summed E-state index contributed by atoms with van der Waals surface area (Å²) in [5.41, 5.74) is 11.9. The van der Waals surface area contributed by atoms with Gasteiger partial charge in [0, 0.05) is 34.6 Å². The summed E-state index contributed by atoms with van der Waals surface area (Å²) in [4.78, 5) is 34.2. The van der Waals surface area contributed by atoms with Crippen molar-refractivity contribution in [3.05, 3.63) is 169 Å². The highest BCUT2D eigenvalue weighted by molar-refractivity contribution is 6.15. The molecule has 0 bridgehead atoms. The van der Waals surface area contributed by atoms with Crippen molar-refractivity contribution in [1.29, 1.82) is 0 Å². The van der Waals surface area contributed by atoms with Gasteiger partial charge in [-0.3, -0.25) is 0 Å². The van der Waals surface area contributed by atoms with E-state index in [0.29, 0.717) is 0 Å². The molecule has 0 aliphatic heterocycles. The SMILES string of the molecule is COC(=O)c1ccc(-c2c(-c3ccccc3)c(-c3ccccc3)c(-c3ccccc3)c(-c3ccccc3)c2-c2ccc(C(=O)OC)nc2)cn1. The summed E-state index contributed by atoms with van der Waals surface area (Å²) >= 11 is 0. The predicted molar refractivity (Wildman–Crippen MR) is 197 cm³/mol. The van der Waals surface area contributed by atoms with Gasteiger partial charge >= 0.3 is 11.9 Å². The number of ether oxygens (including phenoxy) is 2. The Morgan fingerprint density at radius 3 is 0.840 bits per heavy atom. The Morgan fingerprint density at radius 2 is 0.620 bits per heavy atom. The van der Waals surface area contributed by atoms with Crippen LogP contribution in [-0.4, -0.2) is 36.1 Å². The lowest BCUT2D eigenvalue weighted by molar-refractivity contribution is 0.0585. The van der Waals surface area contributed by atoms with Gasteiger partial charge in [0.25, 0.3) is 0 Å². The summed E-state index contributed by atoms with van der Waals surface area (Å²) in [7, 11) is 2.68. The zero-order valence-electron chi connectivity index (χ0n) is 27.5. The second kappa shape index (κ2) is 14.2. The Morgan fingerprint density at radius 1 is 0.360 bits per heavy atom. The number of benzene rings is 5. The topological polar surface area (TPSA) is 78.4 Å². The van der Waals surface area contributed by atoms with Gasteiger partial charge in [-0.15, -0.1) is 0 Å². The number of hydrogen-bond donors (Lipinski definition) is 0. The monoisotopic (exact) mass is 652 g/mol. The van der Waals surface area contributed by atoms with Crippen LogP contribution in [0.3, 0.4) is 0 Å². The molecular weight excluding hydrogens is 620 g/mol. The molecule has 0 aliphatic carbocycles. The van der Waals surface area contributed by atoms with E-state index in [-0.39, 0.29) is 11.4 Å². The van der Waals surface area contributed by atoms with E-state index in [9.17, 15) is 9.59 Å². The molecule has 6 nitrogen and oxygen atoms in total. The Hall–Kier alpha value is -6.66. The number of esters is 2. The molecule has 0 amide bonds. The van der Waals surface area contributed by atoms with Crippen LogP contribution in [0.2, 0.25) is 0 Å². The Bertz CT molecular complexity index is 2110. The lowest BCUT2D eigenvalue weighted by atomic mass is 9.74. The fourth-order valence-corrected chi connectivity index (χ4v) is 6.44. The van der Waals surface area contributed by atoms with Crippen molar-refractivity contribution in [2.45, 2.75) is 0 Å². The normalized spacial score (nSPS) is 10.8. The van der Waals surface area contributed by atoms with Gasteiger partial charge in [-0.25, -0.2) is 19.6 Å². The van der Waals surface area contributed by atoms with Gasteiger partial charge in [0.2, 0.25) is 0 Å². The number of hydrogen-bond acceptors (Lipinski definition) is 6. The molecule has 7 aromatic rings. The molecule has 6 heteroatoms. The summed E-state index contributed by atoms with van der Waals surface area (Å²) in [6.07, 6.45) is 3.44. The maximum absolute atomic E-state index is 12.5. The van der Waals surface area contributed by atoms with Gasteiger partial charge in [-0.05, 0) is 56.6 Å². The quantitative estimate of drug-likeness (QED) is 0.152. The molecule has 0 atom stereocenters. The van der Waals surface area contributed by atoms with Crippen LogP contribution in [-0.2, 0) is 9.47 Å². The lowest BCUT2D eigenvalue weighted by Gasteiger charge is -2.28. The van der Waals surface area contributed by atoms with E-state index in [4.69, 9.17) is 9.47 Å². The molecule has 2 aromatic heterocycles. The molecule has 0 unspecified atom stereocenters. The molecule has 0 saturated heterocycles. The number of carbonyl (C=O) groups is 2. The number of methoxy groups -OCH3 is 2. The molecule has 5 aromatic carbocycles. The highest BCUT2D eigenvalue weighted by Gasteiger charge is 2.29. The Labute approximate surface area is 290 Å². The molecule has 0 radical (unpaired) electrons. The standard InChI is InChI=1S/C44H32N2O4/c1-49-43(47)35-25-23-33(27-45-35)41-39(31-19-11-5-12-20-31)37(29-15-7-3-8-16-29)38(30-17-9-4-10-18-30)40(32-21-13-6-14-22-32)42(41)34-24-26-36(46-28-34)44(48)50-2/h3-28H,1-2H3. The molecule has 0 aliphatic rings. The average Bonchev–Trinajstić information content (AvgIpc) is 3.20. The van der Waals surface area contributed by atoms with E-state index >= 15 is 0 Å². The molecule has 7 rings (SSSR count). The van der Waals surface area contributed by atoms with Crippen molar-refractivity contribution in [3.8, 4) is 66.8 Å². The first-order valence-corrected chi connectivity index (χ1v) is 16.1. The first kappa shape index (κ1) is 31.9. The molecule has 2 heterocycles. The van der Waals surface area contributed by atoms with Gasteiger partial charge in [-0.2, -0.15) is 0 Å². The van der Waals surface area contributed by atoms with Crippen molar-refractivity contribution >= 4 is 11.9 Å². The van der Waals surface area contributed by atoms with Crippen molar-refractivity contribution in [3.63, 3.8) is 0 Å². The summed E-state index contributed by atoms with van der Waals surface area (Å²) < 4.78 is 9.96. The van der Waals surface area contributed by atoms with E-state index in [0.717, 1.165) is 66.8 Å². The summed E-state index contributed by atoms with van der Waals surface area (Å²) in [6.45, 7) is 0. The van der Waals surface area contributed by atoms with Crippen molar-refractivity contribution in [2.24, 2.45) is 0 Å². The van der Waals surface area contributed by atoms with Gasteiger partial charge in [-0.1, -0.05) is 133 Å². The van der Waals surface area contributed by atoms with E-state index < -0.39 is 11.9 Å². The molecule has 0 fully saturated rings. The van der Waals surface area contributed by atoms with Gasteiger partial charge in [0.1, 0.15) is 11.4 Å². The molecule has 242 valence electrons. The van der Waals surface area contributed by atoms with E-state index in [1.54, 1.807) is 24.5 Å². The second-order valence-electron chi connectivity index (χ2n) is 11.6. The second-order valence-corrected chi connectivity index (χ2v) is 11.6. The maximum Gasteiger partial charge on any atom is 0.356 e. The van der Waals surface area contributed by atoms with Crippen molar-refractivity contribution in [2.75, 3.05) is 14.2 Å². The molecule has 0 N–H and O–H groups in total. The molecular formula is C44H32N2O4. The Balaban J connectivity index is 1.75. The number of nitrogens with zero attached hydrogens (tertiary/aromatic N) is 2. The zero-order valence-corrected chi connectivity index (χ0v) is 27.5. The fourth-order valence-electron chi connectivity index (χ4n) is 6.44. The largest absolute Gasteiger partial charge is 0.464 e. The first-order chi connectivity index (χ1) is 24.6. The third kappa shape index (κ3) is 6.06. The lowest BCUT2D eigenvalue weighted by Crippen LogP contribution is -2.06.